The van der Waals surface area contributed by atoms with Gasteiger partial charge in [0.25, 0.3) is 5.91 Å². The zero-order chi connectivity index (χ0) is 18.7. The topological polar surface area (TPSA) is 75.7 Å². The SMILES string of the molecule is Cc1ccc(S(=O)(=O)NCC2CN(c3cccc(Cl)c3)C(=O)CO2)cc1. The smallest absolute Gasteiger partial charge is 0.253 e. The number of amides is 1. The first-order chi connectivity index (χ1) is 12.3. The molecule has 1 fully saturated rings. The van der Waals surface area contributed by atoms with Gasteiger partial charge in [-0.3, -0.25) is 4.79 Å². The van der Waals surface area contributed by atoms with Crippen molar-refractivity contribution in [1.82, 2.24) is 4.72 Å². The summed E-state index contributed by atoms with van der Waals surface area (Å²) in [5.41, 5.74) is 1.65. The molecule has 1 atom stereocenters. The molecule has 0 aromatic heterocycles. The van der Waals surface area contributed by atoms with Crippen LogP contribution in [0.4, 0.5) is 5.69 Å². The summed E-state index contributed by atoms with van der Waals surface area (Å²) in [5, 5.41) is 0.526. The number of carbonyl (C=O) groups excluding carboxylic acids is 1. The van der Waals surface area contributed by atoms with E-state index in [0.29, 0.717) is 10.7 Å². The van der Waals surface area contributed by atoms with E-state index in [-0.39, 0.29) is 30.5 Å². The molecule has 1 aliphatic heterocycles. The number of ether oxygens (including phenoxy) is 1. The van der Waals surface area contributed by atoms with E-state index in [2.05, 4.69) is 4.72 Å². The van der Waals surface area contributed by atoms with E-state index in [0.717, 1.165) is 5.56 Å². The van der Waals surface area contributed by atoms with Gasteiger partial charge >= 0.3 is 0 Å². The largest absolute Gasteiger partial charge is 0.365 e. The molecule has 0 radical (unpaired) electrons. The van der Waals surface area contributed by atoms with Gasteiger partial charge in [-0.1, -0.05) is 35.4 Å². The van der Waals surface area contributed by atoms with Crippen molar-refractivity contribution in [3.63, 3.8) is 0 Å². The van der Waals surface area contributed by atoms with E-state index in [9.17, 15) is 13.2 Å². The van der Waals surface area contributed by atoms with Gasteiger partial charge in [-0.2, -0.15) is 0 Å². The number of hydrogen-bond acceptors (Lipinski definition) is 4. The summed E-state index contributed by atoms with van der Waals surface area (Å²) < 4.78 is 32.8. The molecular weight excluding hydrogens is 376 g/mol. The van der Waals surface area contributed by atoms with Gasteiger partial charge in [0.15, 0.2) is 0 Å². The molecule has 3 rings (SSSR count). The van der Waals surface area contributed by atoms with Crippen LogP contribution in [0.5, 0.6) is 0 Å². The van der Waals surface area contributed by atoms with Gasteiger partial charge in [-0.25, -0.2) is 13.1 Å². The maximum absolute atomic E-state index is 12.4. The van der Waals surface area contributed by atoms with Crippen molar-refractivity contribution in [2.45, 2.75) is 17.9 Å². The van der Waals surface area contributed by atoms with Crippen LogP contribution in [0.25, 0.3) is 0 Å². The molecule has 6 nitrogen and oxygen atoms in total. The molecule has 1 unspecified atom stereocenters. The number of sulfonamides is 1. The number of nitrogens with one attached hydrogen (secondary N) is 1. The summed E-state index contributed by atoms with van der Waals surface area (Å²) in [5.74, 6) is -0.190. The number of benzene rings is 2. The molecule has 1 heterocycles. The summed E-state index contributed by atoms with van der Waals surface area (Å²) in [6.07, 6.45) is -0.452. The van der Waals surface area contributed by atoms with Crippen molar-refractivity contribution in [3.05, 3.63) is 59.1 Å². The Morgan fingerprint density at radius 2 is 1.96 bits per heavy atom. The molecule has 0 spiro atoms. The number of carbonyl (C=O) groups is 1. The summed E-state index contributed by atoms with van der Waals surface area (Å²) in [4.78, 5) is 13.9. The Kier molecular flexibility index (Phi) is 5.62. The molecule has 138 valence electrons. The van der Waals surface area contributed by atoms with Crippen LogP contribution in [0.2, 0.25) is 5.02 Å². The number of hydrogen-bond donors (Lipinski definition) is 1. The molecule has 2 aromatic carbocycles. The zero-order valence-corrected chi connectivity index (χ0v) is 15.8. The number of nitrogens with zero attached hydrogens (tertiary/aromatic N) is 1. The summed E-state index contributed by atoms with van der Waals surface area (Å²) in [6.45, 7) is 2.10. The number of morpholine rings is 1. The minimum absolute atomic E-state index is 0.0700. The van der Waals surface area contributed by atoms with Crippen LogP contribution in [0.1, 0.15) is 5.56 Å². The fraction of sp³-hybridized carbons (Fsp3) is 0.278. The van der Waals surface area contributed by atoms with Crippen LogP contribution in [-0.4, -0.2) is 40.1 Å². The maximum Gasteiger partial charge on any atom is 0.253 e. The van der Waals surface area contributed by atoms with Crippen LogP contribution in [0.15, 0.2) is 53.4 Å². The first-order valence-corrected chi connectivity index (χ1v) is 9.95. The standard InChI is InChI=1S/C18H19ClN2O4S/c1-13-5-7-17(8-6-13)26(23,24)20-10-16-11-21(18(22)12-25-16)15-4-2-3-14(19)9-15/h2-9,16,20H,10-12H2,1H3. The van der Waals surface area contributed by atoms with Crippen molar-refractivity contribution < 1.29 is 17.9 Å². The molecule has 0 aliphatic carbocycles. The lowest BCUT2D eigenvalue weighted by Crippen LogP contribution is -2.50. The second-order valence-corrected chi connectivity index (χ2v) is 8.29. The fourth-order valence-corrected chi connectivity index (χ4v) is 3.90. The lowest BCUT2D eigenvalue weighted by molar-refractivity contribution is -0.129. The summed E-state index contributed by atoms with van der Waals surface area (Å²) in [7, 11) is -3.63. The normalized spacial score (nSPS) is 18.2. The van der Waals surface area contributed by atoms with Crippen LogP contribution in [-0.2, 0) is 19.6 Å². The van der Waals surface area contributed by atoms with E-state index in [1.54, 1.807) is 53.4 Å². The van der Waals surface area contributed by atoms with Gasteiger partial charge in [0.2, 0.25) is 10.0 Å². The van der Waals surface area contributed by atoms with Gasteiger partial charge in [-0.15, -0.1) is 0 Å². The highest BCUT2D eigenvalue weighted by molar-refractivity contribution is 7.89. The van der Waals surface area contributed by atoms with Crippen molar-refractivity contribution in [3.8, 4) is 0 Å². The first kappa shape index (κ1) is 18.8. The highest BCUT2D eigenvalue weighted by Gasteiger charge is 2.28. The Labute approximate surface area is 157 Å². The van der Waals surface area contributed by atoms with Gasteiger partial charge in [0, 0.05) is 17.3 Å². The molecule has 8 heteroatoms. The monoisotopic (exact) mass is 394 g/mol. The number of rotatable bonds is 5. The predicted octanol–water partition coefficient (Wildman–Crippen LogP) is 2.36. The molecular formula is C18H19ClN2O4S. The van der Waals surface area contributed by atoms with Crippen molar-refractivity contribution >= 4 is 33.2 Å². The Hall–Kier alpha value is -1.93. The highest BCUT2D eigenvalue weighted by Crippen LogP contribution is 2.22. The average Bonchev–Trinajstić information content (AvgIpc) is 2.61. The lowest BCUT2D eigenvalue weighted by Gasteiger charge is -2.32. The van der Waals surface area contributed by atoms with E-state index < -0.39 is 16.1 Å². The van der Waals surface area contributed by atoms with Gasteiger partial charge in [0.05, 0.1) is 17.5 Å². The third-order valence-electron chi connectivity index (χ3n) is 4.08. The highest BCUT2D eigenvalue weighted by atomic mass is 35.5. The Morgan fingerprint density at radius 1 is 1.23 bits per heavy atom. The van der Waals surface area contributed by atoms with E-state index in [1.165, 1.54) is 0 Å². The van der Waals surface area contributed by atoms with Crippen molar-refractivity contribution in [1.29, 1.82) is 0 Å². The fourth-order valence-electron chi connectivity index (χ4n) is 2.65. The quantitative estimate of drug-likeness (QED) is 0.844. The van der Waals surface area contributed by atoms with Crippen LogP contribution >= 0.6 is 11.6 Å². The minimum Gasteiger partial charge on any atom is -0.365 e. The number of anilines is 1. The number of halogens is 1. The molecule has 1 amide bonds. The van der Waals surface area contributed by atoms with E-state index in [4.69, 9.17) is 16.3 Å². The Bertz CT molecular complexity index is 900. The van der Waals surface area contributed by atoms with Crippen LogP contribution in [0.3, 0.4) is 0 Å². The second kappa shape index (κ2) is 7.75. The zero-order valence-electron chi connectivity index (χ0n) is 14.2. The van der Waals surface area contributed by atoms with E-state index >= 15 is 0 Å². The molecule has 1 N–H and O–H groups in total. The maximum atomic E-state index is 12.4. The molecule has 1 aliphatic rings. The van der Waals surface area contributed by atoms with Crippen molar-refractivity contribution in [2.75, 3.05) is 24.6 Å². The molecule has 2 aromatic rings. The van der Waals surface area contributed by atoms with Gasteiger partial charge in [0.1, 0.15) is 6.61 Å². The molecule has 26 heavy (non-hydrogen) atoms. The lowest BCUT2D eigenvalue weighted by atomic mass is 10.2. The summed E-state index contributed by atoms with van der Waals surface area (Å²) in [6, 6.07) is 13.6. The third kappa shape index (κ3) is 4.42. The average molecular weight is 395 g/mol. The van der Waals surface area contributed by atoms with Gasteiger partial charge < -0.3 is 9.64 Å². The molecule has 1 saturated heterocycles. The number of aryl methyl sites for hydroxylation is 1. The molecule has 0 bridgehead atoms. The van der Waals surface area contributed by atoms with Crippen LogP contribution < -0.4 is 9.62 Å². The third-order valence-corrected chi connectivity index (χ3v) is 5.76. The van der Waals surface area contributed by atoms with Crippen LogP contribution in [0, 0.1) is 6.92 Å². The Balaban J connectivity index is 1.67. The predicted molar refractivity (Wildman–Crippen MR) is 99.9 cm³/mol. The summed E-state index contributed by atoms with van der Waals surface area (Å²) >= 11 is 5.99. The minimum atomic E-state index is -3.63. The Morgan fingerprint density at radius 3 is 2.65 bits per heavy atom. The van der Waals surface area contributed by atoms with Crippen molar-refractivity contribution in [2.24, 2.45) is 0 Å². The van der Waals surface area contributed by atoms with Gasteiger partial charge in [-0.05, 0) is 37.3 Å². The molecule has 0 saturated carbocycles. The first-order valence-electron chi connectivity index (χ1n) is 8.09. The van der Waals surface area contributed by atoms with E-state index in [1.807, 2.05) is 6.92 Å². The second-order valence-electron chi connectivity index (χ2n) is 6.08.